The first kappa shape index (κ1) is 12.3. The molecule has 0 spiro atoms. The predicted molar refractivity (Wildman–Crippen MR) is 57.9 cm³/mol. The van der Waals surface area contributed by atoms with Crippen LogP contribution in [0.25, 0.3) is 0 Å². The number of aliphatic hydroxyl groups excluding tert-OH is 1. The molecule has 16 heavy (non-hydrogen) atoms. The summed E-state index contributed by atoms with van der Waals surface area (Å²) < 4.78 is 0. The van der Waals surface area contributed by atoms with Crippen LogP contribution in [0.3, 0.4) is 0 Å². The molecule has 0 heterocycles. The van der Waals surface area contributed by atoms with E-state index in [4.69, 9.17) is 0 Å². The zero-order valence-electron chi connectivity index (χ0n) is 9.08. The van der Waals surface area contributed by atoms with Gasteiger partial charge in [0.2, 0.25) is 0 Å². The molecule has 5 nitrogen and oxygen atoms in total. The van der Waals surface area contributed by atoms with Crippen LogP contribution in [-0.4, -0.2) is 15.8 Å². The van der Waals surface area contributed by atoms with Crippen molar-refractivity contribution in [2.24, 2.45) is 5.92 Å². The van der Waals surface area contributed by atoms with E-state index in [1.54, 1.807) is 13.0 Å². The van der Waals surface area contributed by atoms with Gasteiger partial charge in [0.25, 0.3) is 5.69 Å². The lowest BCUT2D eigenvalue weighted by Gasteiger charge is -2.16. The molecule has 2 atom stereocenters. The smallest absolute Gasteiger partial charge is 0.269 e. The van der Waals surface area contributed by atoms with Crippen molar-refractivity contribution in [1.82, 2.24) is 0 Å². The van der Waals surface area contributed by atoms with Crippen molar-refractivity contribution < 1.29 is 14.8 Å². The lowest BCUT2D eigenvalue weighted by Crippen LogP contribution is -2.16. The molecular formula is C11H13NO4. The molecule has 1 aromatic rings. The van der Waals surface area contributed by atoms with Crippen molar-refractivity contribution in [3.05, 3.63) is 39.9 Å². The van der Waals surface area contributed by atoms with Gasteiger partial charge in [-0.15, -0.1) is 0 Å². The summed E-state index contributed by atoms with van der Waals surface area (Å²) in [5.74, 6) is -0.721. The van der Waals surface area contributed by atoms with E-state index in [1.165, 1.54) is 25.1 Å². The number of nitrogens with zero attached hydrogens (tertiary/aromatic N) is 1. The van der Waals surface area contributed by atoms with Crippen molar-refractivity contribution >= 4 is 11.5 Å². The number of benzene rings is 1. The van der Waals surface area contributed by atoms with E-state index in [0.717, 1.165) is 0 Å². The van der Waals surface area contributed by atoms with E-state index in [-0.39, 0.29) is 11.5 Å². The quantitative estimate of drug-likeness (QED) is 0.624. The van der Waals surface area contributed by atoms with Crippen LogP contribution in [0, 0.1) is 16.0 Å². The molecule has 0 aliphatic heterocycles. The second kappa shape index (κ2) is 4.85. The number of rotatable bonds is 4. The predicted octanol–water partition coefficient (Wildman–Crippen LogP) is 1.85. The molecule has 0 amide bonds. The number of nitro benzene ring substituents is 1. The van der Waals surface area contributed by atoms with Gasteiger partial charge < -0.3 is 5.11 Å². The van der Waals surface area contributed by atoms with Gasteiger partial charge in [0.05, 0.1) is 11.0 Å². The molecule has 86 valence electrons. The molecule has 0 aliphatic carbocycles. The zero-order valence-corrected chi connectivity index (χ0v) is 9.08. The summed E-state index contributed by atoms with van der Waals surface area (Å²) in [5, 5.41) is 20.4. The van der Waals surface area contributed by atoms with E-state index in [9.17, 15) is 20.0 Å². The Labute approximate surface area is 92.9 Å². The number of carbonyl (C=O) groups excluding carboxylic acids is 1. The number of non-ortho nitro benzene ring substituents is 1. The Morgan fingerprint density at radius 1 is 1.50 bits per heavy atom. The van der Waals surface area contributed by atoms with Gasteiger partial charge in [0.1, 0.15) is 5.78 Å². The van der Waals surface area contributed by atoms with Gasteiger partial charge in [-0.05, 0) is 12.5 Å². The number of nitro groups is 1. The summed E-state index contributed by atoms with van der Waals surface area (Å²) >= 11 is 0. The second-order valence-corrected chi connectivity index (χ2v) is 3.70. The lowest BCUT2D eigenvalue weighted by molar-refractivity contribution is -0.385. The Kier molecular flexibility index (Phi) is 3.73. The molecule has 1 N–H and O–H groups in total. The van der Waals surface area contributed by atoms with Crippen LogP contribution in [-0.2, 0) is 4.79 Å². The van der Waals surface area contributed by atoms with Crippen molar-refractivity contribution in [1.29, 1.82) is 0 Å². The fourth-order valence-electron chi connectivity index (χ4n) is 1.33. The van der Waals surface area contributed by atoms with Crippen LogP contribution in [0.1, 0.15) is 25.5 Å². The average molecular weight is 223 g/mol. The van der Waals surface area contributed by atoms with E-state index < -0.39 is 16.9 Å². The molecule has 5 heteroatoms. The minimum absolute atomic E-state index is 0.0905. The number of ketones is 1. The summed E-state index contributed by atoms with van der Waals surface area (Å²) in [6, 6.07) is 5.68. The third-order valence-corrected chi connectivity index (χ3v) is 2.54. The van der Waals surface area contributed by atoms with Crippen LogP contribution >= 0.6 is 0 Å². The number of carbonyl (C=O) groups is 1. The molecule has 1 rings (SSSR count). The third-order valence-electron chi connectivity index (χ3n) is 2.54. The topological polar surface area (TPSA) is 80.4 Å². The van der Waals surface area contributed by atoms with Crippen molar-refractivity contribution in [3.63, 3.8) is 0 Å². The molecule has 0 saturated heterocycles. The third kappa shape index (κ3) is 2.64. The Hall–Kier alpha value is -1.75. The summed E-state index contributed by atoms with van der Waals surface area (Å²) in [6.07, 6.45) is -1.00. The largest absolute Gasteiger partial charge is 0.388 e. The molecule has 0 bridgehead atoms. The molecule has 0 aromatic heterocycles. The molecule has 0 radical (unpaired) electrons. The van der Waals surface area contributed by atoms with Gasteiger partial charge in [-0.25, -0.2) is 0 Å². The van der Waals surface area contributed by atoms with Gasteiger partial charge in [-0.2, -0.15) is 0 Å². The Morgan fingerprint density at radius 2 is 2.12 bits per heavy atom. The first-order valence-corrected chi connectivity index (χ1v) is 4.86. The maximum atomic E-state index is 11.1. The highest BCUT2D eigenvalue weighted by atomic mass is 16.6. The van der Waals surface area contributed by atoms with Gasteiger partial charge in [0.15, 0.2) is 0 Å². The Balaban J connectivity index is 3.00. The van der Waals surface area contributed by atoms with Crippen LogP contribution < -0.4 is 0 Å². The first-order valence-electron chi connectivity index (χ1n) is 4.86. The van der Waals surface area contributed by atoms with Crippen LogP contribution in [0.5, 0.6) is 0 Å². The van der Waals surface area contributed by atoms with E-state index in [0.29, 0.717) is 5.56 Å². The van der Waals surface area contributed by atoms with Gasteiger partial charge >= 0.3 is 0 Å². The molecular weight excluding hydrogens is 210 g/mol. The number of Topliss-reactive ketones (excluding diaryl/α,β-unsaturated/α-hetero) is 1. The summed E-state index contributed by atoms with van der Waals surface area (Å²) in [4.78, 5) is 21.1. The van der Waals surface area contributed by atoms with E-state index in [1.807, 2.05) is 0 Å². The average Bonchev–Trinajstić information content (AvgIpc) is 2.27. The summed E-state index contributed by atoms with van der Waals surface area (Å²) in [5.41, 5.74) is 0.296. The summed E-state index contributed by atoms with van der Waals surface area (Å²) in [6.45, 7) is 2.97. The molecule has 0 saturated carbocycles. The minimum Gasteiger partial charge on any atom is -0.388 e. The highest BCUT2D eigenvalue weighted by molar-refractivity contribution is 5.78. The molecule has 0 fully saturated rings. The Morgan fingerprint density at radius 3 is 2.62 bits per heavy atom. The maximum absolute atomic E-state index is 11.1. The fraction of sp³-hybridized carbons (Fsp3) is 0.364. The second-order valence-electron chi connectivity index (χ2n) is 3.70. The van der Waals surface area contributed by atoms with Crippen molar-refractivity contribution in [2.45, 2.75) is 20.0 Å². The standard InChI is InChI=1S/C11H13NO4/c1-7(8(2)13)11(14)9-4-3-5-10(6-9)12(15)16/h3-7,11,14H,1-2H3/t7-,11+/m1/s1. The van der Waals surface area contributed by atoms with Gasteiger partial charge in [0, 0.05) is 18.1 Å². The van der Waals surface area contributed by atoms with Gasteiger partial charge in [-0.3, -0.25) is 14.9 Å². The van der Waals surface area contributed by atoms with E-state index in [2.05, 4.69) is 0 Å². The van der Waals surface area contributed by atoms with Crippen LogP contribution in [0.15, 0.2) is 24.3 Å². The van der Waals surface area contributed by atoms with Crippen LogP contribution in [0.2, 0.25) is 0 Å². The van der Waals surface area contributed by atoms with Crippen LogP contribution in [0.4, 0.5) is 5.69 Å². The SMILES string of the molecule is CC(=O)[C@@H](C)[C@H](O)c1cccc([N+](=O)[O-])c1. The van der Waals surface area contributed by atoms with Gasteiger partial charge in [-0.1, -0.05) is 19.1 Å². The minimum atomic E-state index is -1.00. The molecule has 0 aliphatic rings. The Bertz CT molecular complexity index is 416. The first-order chi connectivity index (χ1) is 7.43. The number of hydrogen-bond acceptors (Lipinski definition) is 4. The molecule has 0 unspecified atom stereocenters. The molecule has 1 aromatic carbocycles. The number of aliphatic hydroxyl groups is 1. The highest BCUT2D eigenvalue weighted by Gasteiger charge is 2.21. The normalized spacial score (nSPS) is 14.2. The highest BCUT2D eigenvalue weighted by Crippen LogP contribution is 2.25. The monoisotopic (exact) mass is 223 g/mol. The zero-order chi connectivity index (χ0) is 12.3. The number of hydrogen-bond donors (Lipinski definition) is 1. The van der Waals surface area contributed by atoms with Crippen molar-refractivity contribution in [3.8, 4) is 0 Å². The van der Waals surface area contributed by atoms with E-state index >= 15 is 0 Å². The maximum Gasteiger partial charge on any atom is 0.269 e. The van der Waals surface area contributed by atoms with Crippen molar-refractivity contribution in [2.75, 3.05) is 0 Å². The summed E-state index contributed by atoms with van der Waals surface area (Å²) in [7, 11) is 0. The fourth-order valence-corrected chi connectivity index (χ4v) is 1.33. The lowest BCUT2D eigenvalue weighted by atomic mass is 9.94.